The fourth-order valence-electron chi connectivity index (χ4n) is 8.31. The largest absolute Gasteiger partial charge is 0.494 e. The van der Waals surface area contributed by atoms with Crippen LogP contribution in [0.3, 0.4) is 0 Å². The molecule has 16 nitrogen and oxygen atoms in total. The van der Waals surface area contributed by atoms with Crippen molar-refractivity contribution in [2.45, 2.75) is 38.0 Å². The van der Waals surface area contributed by atoms with E-state index in [1.165, 1.54) is 48.5 Å². The van der Waals surface area contributed by atoms with E-state index in [0.29, 0.717) is 35.8 Å². The van der Waals surface area contributed by atoms with E-state index in [-0.39, 0.29) is 22.7 Å². The van der Waals surface area contributed by atoms with Crippen molar-refractivity contribution in [2.24, 2.45) is 11.8 Å². The summed E-state index contributed by atoms with van der Waals surface area (Å²) in [6.45, 7) is 4.47. The molecule has 6 unspecified atom stereocenters. The van der Waals surface area contributed by atoms with Crippen LogP contribution in [0.4, 0.5) is 22.7 Å². The summed E-state index contributed by atoms with van der Waals surface area (Å²) in [4.78, 5) is 82.9. The Hall–Kier alpha value is -6.52. The van der Waals surface area contributed by atoms with Gasteiger partial charge >= 0.3 is 0 Å². The number of benzene rings is 4. The standard InChI is InChI=1S/C38H32N6O10/c1-3-53-27-17-13-23(14-18-27)39-35(45)29-31(21-5-9-25(10-6-21)43(49)50)42-34-30(36(46)40(38(34)48)24-15-19-28(20-16-24)54-4-2)32(41(42)33(29)37(39)47)22-7-11-26(12-8-22)44(51)52/h5-20,29-34H,3-4H2,1-2H3. The number of ether oxygens (including phenoxy) is 2. The molecule has 4 aliphatic heterocycles. The number of fused-ring (bicyclic) bond motifs is 5. The van der Waals surface area contributed by atoms with Crippen LogP contribution in [0.15, 0.2) is 97.1 Å². The molecule has 0 spiro atoms. The quantitative estimate of drug-likeness (QED) is 0.124. The van der Waals surface area contributed by atoms with Crippen LogP contribution >= 0.6 is 0 Å². The molecule has 4 saturated heterocycles. The second-order valence-corrected chi connectivity index (χ2v) is 13.2. The first kappa shape index (κ1) is 34.6. The molecule has 0 saturated carbocycles. The molecule has 4 aromatic rings. The lowest BCUT2D eigenvalue weighted by atomic mass is 9.84. The molecular formula is C38H32N6O10. The summed E-state index contributed by atoms with van der Waals surface area (Å²) in [5.41, 5.74) is 0.999. The first-order valence-corrected chi connectivity index (χ1v) is 17.3. The lowest BCUT2D eigenvalue weighted by molar-refractivity contribution is -0.385. The van der Waals surface area contributed by atoms with Gasteiger partial charge in [-0.05, 0) is 73.5 Å². The first-order valence-electron chi connectivity index (χ1n) is 17.3. The van der Waals surface area contributed by atoms with Crippen LogP contribution in [0.5, 0.6) is 11.5 Å². The molecule has 0 aliphatic carbocycles. The fraction of sp³-hybridized carbons (Fsp3) is 0.263. The van der Waals surface area contributed by atoms with Crippen LogP contribution in [-0.4, -0.2) is 68.8 Å². The molecule has 274 valence electrons. The Balaban J connectivity index is 1.29. The molecule has 4 aliphatic rings. The van der Waals surface area contributed by atoms with Gasteiger partial charge in [0.15, 0.2) is 0 Å². The van der Waals surface area contributed by atoms with E-state index < -0.39 is 69.5 Å². The maximum Gasteiger partial charge on any atom is 0.269 e. The number of hydrogen-bond donors (Lipinski definition) is 0. The van der Waals surface area contributed by atoms with Crippen molar-refractivity contribution in [2.75, 3.05) is 23.0 Å². The highest BCUT2D eigenvalue weighted by atomic mass is 16.6. The first-order chi connectivity index (χ1) is 26.0. The van der Waals surface area contributed by atoms with E-state index in [1.54, 1.807) is 58.5 Å². The Bertz CT molecular complexity index is 2040. The number of non-ortho nitro benzene ring substituents is 2. The third-order valence-corrected chi connectivity index (χ3v) is 10.4. The molecule has 0 N–H and O–H groups in total. The van der Waals surface area contributed by atoms with Crippen LogP contribution in [0.25, 0.3) is 0 Å². The Labute approximate surface area is 307 Å². The van der Waals surface area contributed by atoms with E-state index in [9.17, 15) is 39.4 Å². The summed E-state index contributed by atoms with van der Waals surface area (Å²) in [7, 11) is 0. The third kappa shape index (κ3) is 5.21. The second kappa shape index (κ2) is 13.2. The van der Waals surface area contributed by atoms with Crippen LogP contribution in [0, 0.1) is 32.1 Å². The topological polar surface area (TPSA) is 186 Å². The van der Waals surface area contributed by atoms with Gasteiger partial charge < -0.3 is 9.47 Å². The molecule has 4 fully saturated rings. The zero-order valence-electron chi connectivity index (χ0n) is 28.9. The zero-order chi connectivity index (χ0) is 38.0. The summed E-state index contributed by atoms with van der Waals surface area (Å²) < 4.78 is 11.1. The number of hydrazine groups is 1. The van der Waals surface area contributed by atoms with Gasteiger partial charge in [-0.1, -0.05) is 24.3 Å². The van der Waals surface area contributed by atoms with Gasteiger partial charge in [-0.25, -0.2) is 19.8 Å². The van der Waals surface area contributed by atoms with Gasteiger partial charge in [-0.3, -0.25) is 39.4 Å². The van der Waals surface area contributed by atoms with Gasteiger partial charge in [0, 0.05) is 24.3 Å². The maximum atomic E-state index is 14.7. The molecule has 0 aromatic heterocycles. The van der Waals surface area contributed by atoms with Gasteiger partial charge in [0.25, 0.3) is 23.2 Å². The number of rotatable bonds is 10. The van der Waals surface area contributed by atoms with E-state index in [1.807, 2.05) is 13.8 Å². The Morgan fingerprint density at radius 2 is 0.833 bits per heavy atom. The highest BCUT2D eigenvalue weighted by molar-refractivity contribution is 6.26. The van der Waals surface area contributed by atoms with Crippen molar-refractivity contribution in [1.29, 1.82) is 0 Å². The van der Waals surface area contributed by atoms with Crippen molar-refractivity contribution in [3.05, 3.63) is 128 Å². The van der Waals surface area contributed by atoms with Gasteiger partial charge in [-0.15, -0.1) is 0 Å². The normalized spacial score (nSPS) is 24.9. The predicted octanol–water partition coefficient (Wildman–Crippen LogP) is 4.75. The number of hydrogen-bond acceptors (Lipinski definition) is 12. The zero-order valence-corrected chi connectivity index (χ0v) is 28.9. The lowest BCUT2D eigenvalue weighted by Gasteiger charge is -2.35. The molecule has 16 heteroatoms. The molecule has 4 aromatic carbocycles. The molecular weight excluding hydrogens is 700 g/mol. The molecule has 54 heavy (non-hydrogen) atoms. The van der Waals surface area contributed by atoms with E-state index in [4.69, 9.17) is 9.47 Å². The number of nitro groups is 2. The van der Waals surface area contributed by atoms with Crippen molar-refractivity contribution >= 4 is 46.4 Å². The smallest absolute Gasteiger partial charge is 0.269 e. The summed E-state index contributed by atoms with van der Waals surface area (Å²) in [6.07, 6.45) is 0. The Morgan fingerprint density at radius 3 is 1.13 bits per heavy atom. The third-order valence-electron chi connectivity index (χ3n) is 10.4. The summed E-state index contributed by atoms with van der Waals surface area (Å²) in [6, 6.07) is 19.5. The highest BCUT2D eigenvalue weighted by Crippen LogP contribution is 2.60. The molecule has 6 atom stereocenters. The van der Waals surface area contributed by atoms with Gasteiger partial charge in [0.1, 0.15) is 23.6 Å². The molecule has 0 radical (unpaired) electrons. The maximum absolute atomic E-state index is 14.7. The van der Waals surface area contributed by atoms with Gasteiger partial charge in [0.2, 0.25) is 11.8 Å². The monoisotopic (exact) mass is 732 g/mol. The van der Waals surface area contributed by atoms with Crippen LogP contribution in [0.2, 0.25) is 0 Å². The lowest BCUT2D eigenvalue weighted by Crippen LogP contribution is -2.50. The average molecular weight is 733 g/mol. The van der Waals surface area contributed by atoms with Gasteiger partial charge in [-0.2, -0.15) is 0 Å². The number of anilines is 2. The van der Waals surface area contributed by atoms with Crippen molar-refractivity contribution < 1.29 is 38.5 Å². The SMILES string of the molecule is CCOc1ccc(N2C(=O)C3C(C2=O)N2C(c4ccc([N+](=O)[O-])cc4)C4C(=O)N(c5ccc(OCC)cc5)C(=O)C4N2C3c2ccc([N+](=O)[O-])cc2)cc1. The molecule has 0 bridgehead atoms. The number of nitrogens with zero attached hydrogens (tertiary/aromatic N) is 6. The summed E-state index contributed by atoms with van der Waals surface area (Å²) in [5.74, 6) is -3.48. The Morgan fingerprint density at radius 1 is 0.500 bits per heavy atom. The molecule has 4 heterocycles. The number of nitro benzene ring substituents is 2. The van der Waals surface area contributed by atoms with Crippen LogP contribution < -0.4 is 19.3 Å². The summed E-state index contributed by atoms with van der Waals surface area (Å²) >= 11 is 0. The number of carbonyl (C=O) groups excluding carboxylic acids is 4. The minimum atomic E-state index is -1.21. The Kier molecular flexibility index (Phi) is 8.42. The average Bonchev–Trinajstić information content (AvgIpc) is 3.84. The second-order valence-electron chi connectivity index (χ2n) is 13.2. The van der Waals surface area contributed by atoms with Crippen molar-refractivity contribution in [3.8, 4) is 11.5 Å². The van der Waals surface area contributed by atoms with Crippen LogP contribution in [-0.2, 0) is 19.2 Å². The number of amides is 4. The predicted molar refractivity (Wildman–Crippen MR) is 190 cm³/mol. The van der Waals surface area contributed by atoms with Crippen molar-refractivity contribution in [3.63, 3.8) is 0 Å². The molecule has 4 amide bonds. The molecule has 8 rings (SSSR count). The van der Waals surface area contributed by atoms with Gasteiger partial charge in [0.05, 0.1) is 58.4 Å². The van der Waals surface area contributed by atoms with E-state index in [2.05, 4.69) is 0 Å². The highest BCUT2D eigenvalue weighted by Gasteiger charge is 2.73. The minimum absolute atomic E-state index is 0.202. The number of carbonyl (C=O) groups is 4. The summed E-state index contributed by atoms with van der Waals surface area (Å²) in [5, 5.41) is 26.5. The van der Waals surface area contributed by atoms with Crippen LogP contribution in [0.1, 0.15) is 37.1 Å². The number of imide groups is 2. The van der Waals surface area contributed by atoms with Crippen molar-refractivity contribution in [1.82, 2.24) is 10.0 Å². The minimum Gasteiger partial charge on any atom is -0.494 e. The van der Waals surface area contributed by atoms with E-state index in [0.717, 1.165) is 9.80 Å². The van der Waals surface area contributed by atoms with E-state index >= 15 is 0 Å². The fourth-order valence-corrected chi connectivity index (χ4v) is 8.31.